The highest BCUT2D eigenvalue weighted by Gasteiger charge is 2.07. The minimum Gasteiger partial charge on any atom is -0.463 e. The summed E-state index contributed by atoms with van der Waals surface area (Å²) in [6.45, 7) is 12.1. The molecule has 0 atom stereocenters. The Kier molecular flexibility index (Phi) is 40.0. The van der Waals surface area contributed by atoms with Gasteiger partial charge in [-0.1, -0.05) is 110 Å². The van der Waals surface area contributed by atoms with Gasteiger partial charge in [0.05, 0.1) is 98.1 Å². The van der Waals surface area contributed by atoms with Crippen LogP contribution in [0, 0.1) is 0 Å². The van der Waals surface area contributed by atoms with E-state index in [1.807, 2.05) is 12.1 Å². The number of esters is 2. The van der Waals surface area contributed by atoms with Crippen molar-refractivity contribution in [3.8, 4) is 0 Å². The lowest BCUT2D eigenvalue weighted by molar-refractivity contribution is -0.145. The molecule has 1 aromatic rings. The largest absolute Gasteiger partial charge is 0.463 e. The summed E-state index contributed by atoms with van der Waals surface area (Å²) in [6, 6.07) is 7.30. The van der Waals surface area contributed by atoms with Gasteiger partial charge in [0.2, 0.25) is 0 Å². The molecule has 0 saturated carbocycles. The van der Waals surface area contributed by atoms with Crippen LogP contribution in [0.2, 0.25) is 0 Å². The van der Waals surface area contributed by atoms with Crippen LogP contribution in [0.25, 0.3) is 0 Å². The third-order valence-corrected chi connectivity index (χ3v) is 9.15. The normalized spacial score (nSPS) is 11.3. The highest BCUT2D eigenvalue weighted by atomic mass is 16.6. The van der Waals surface area contributed by atoms with E-state index in [-0.39, 0.29) is 25.2 Å². The Balaban J connectivity index is 1.70. The molecule has 0 aromatic heterocycles. The standard InChI is InChI=1S/C45H81NO11/c1-3-5-7-8-9-10-11-12-13-14-15-16-17-18-19-20-44(47)56-40-38-54-36-34-52-32-30-50-28-26-49-27-29-51-31-33-53-35-37-55-39-41-57-45(48)42-21-23-43(24-22-42)46-25-6-4-2/h21-24,46H,3-20,25-41H2,1-2H3. The monoisotopic (exact) mass is 812 g/mol. The van der Waals surface area contributed by atoms with E-state index in [1.54, 1.807) is 12.1 Å². The molecule has 1 rings (SSSR count). The molecule has 12 nitrogen and oxygen atoms in total. The van der Waals surface area contributed by atoms with Crippen molar-refractivity contribution in [2.75, 3.05) is 118 Å². The molecule has 0 unspecified atom stereocenters. The molecule has 0 aliphatic rings. The first-order chi connectivity index (χ1) is 28.2. The van der Waals surface area contributed by atoms with Gasteiger partial charge in [0.1, 0.15) is 13.2 Å². The maximum atomic E-state index is 12.1. The van der Waals surface area contributed by atoms with E-state index in [0.717, 1.165) is 37.9 Å². The zero-order chi connectivity index (χ0) is 41.0. The van der Waals surface area contributed by atoms with E-state index in [9.17, 15) is 9.59 Å². The summed E-state index contributed by atoms with van der Waals surface area (Å²) >= 11 is 0. The maximum Gasteiger partial charge on any atom is 0.338 e. The summed E-state index contributed by atoms with van der Waals surface area (Å²) in [5.74, 6) is -0.495. The molecule has 0 aliphatic heterocycles. The molecule has 0 saturated heterocycles. The summed E-state index contributed by atoms with van der Waals surface area (Å²) in [6.07, 6.45) is 22.4. The number of rotatable bonds is 45. The van der Waals surface area contributed by atoms with Crippen molar-refractivity contribution in [1.29, 1.82) is 0 Å². The van der Waals surface area contributed by atoms with Crippen LogP contribution in [0.1, 0.15) is 140 Å². The third-order valence-electron chi connectivity index (χ3n) is 9.15. The molecule has 1 N–H and O–H groups in total. The van der Waals surface area contributed by atoms with Gasteiger partial charge in [-0.25, -0.2) is 4.79 Å². The molecule has 57 heavy (non-hydrogen) atoms. The lowest BCUT2D eigenvalue weighted by Gasteiger charge is -2.09. The lowest BCUT2D eigenvalue weighted by atomic mass is 10.0. The molecule has 0 amide bonds. The number of carbonyl (C=O) groups excluding carboxylic acids is 2. The summed E-state index contributed by atoms with van der Waals surface area (Å²) < 4.78 is 49.0. The van der Waals surface area contributed by atoms with Gasteiger partial charge in [0.15, 0.2) is 0 Å². The van der Waals surface area contributed by atoms with Gasteiger partial charge in [-0.2, -0.15) is 0 Å². The van der Waals surface area contributed by atoms with Crippen LogP contribution in [0.5, 0.6) is 0 Å². The van der Waals surface area contributed by atoms with Crippen molar-refractivity contribution in [2.45, 2.75) is 129 Å². The van der Waals surface area contributed by atoms with Crippen LogP contribution in [-0.2, 0) is 47.4 Å². The fraction of sp³-hybridized carbons (Fsp3) is 0.822. The first-order valence-electron chi connectivity index (χ1n) is 22.4. The Bertz CT molecular complexity index is 998. The number of ether oxygens (including phenoxy) is 9. The fourth-order valence-corrected chi connectivity index (χ4v) is 5.76. The van der Waals surface area contributed by atoms with Crippen molar-refractivity contribution in [3.05, 3.63) is 29.8 Å². The first-order valence-corrected chi connectivity index (χ1v) is 22.4. The van der Waals surface area contributed by atoms with Crippen molar-refractivity contribution < 1.29 is 52.2 Å². The van der Waals surface area contributed by atoms with Gasteiger partial charge in [0.25, 0.3) is 0 Å². The van der Waals surface area contributed by atoms with Crippen molar-refractivity contribution in [3.63, 3.8) is 0 Å². The van der Waals surface area contributed by atoms with Crippen LogP contribution < -0.4 is 5.32 Å². The number of benzene rings is 1. The van der Waals surface area contributed by atoms with E-state index in [0.29, 0.717) is 104 Å². The number of carbonyl (C=O) groups is 2. The highest BCUT2D eigenvalue weighted by molar-refractivity contribution is 5.89. The summed E-state index contributed by atoms with van der Waals surface area (Å²) in [7, 11) is 0. The van der Waals surface area contributed by atoms with Crippen LogP contribution >= 0.6 is 0 Å². The van der Waals surface area contributed by atoms with E-state index in [1.165, 1.54) is 83.5 Å². The Morgan fingerprint density at radius 1 is 0.404 bits per heavy atom. The van der Waals surface area contributed by atoms with E-state index < -0.39 is 0 Å². The lowest BCUT2D eigenvalue weighted by Crippen LogP contribution is -2.15. The molecule has 332 valence electrons. The quantitative estimate of drug-likeness (QED) is 0.0499. The average Bonchev–Trinajstić information content (AvgIpc) is 3.22. The predicted molar refractivity (Wildman–Crippen MR) is 226 cm³/mol. The Labute approximate surface area is 346 Å². The Morgan fingerprint density at radius 2 is 0.737 bits per heavy atom. The van der Waals surface area contributed by atoms with Crippen molar-refractivity contribution in [2.24, 2.45) is 0 Å². The number of hydrogen-bond acceptors (Lipinski definition) is 12. The molecule has 0 radical (unpaired) electrons. The zero-order valence-electron chi connectivity index (χ0n) is 36.0. The van der Waals surface area contributed by atoms with Crippen LogP contribution in [0.15, 0.2) is 24.3 Å². The fourth-order valence-electron chi connectivity index (χ4n) is 5.76. The number of nitrogens with one attached hydrogen (secondary N) is 1. The second kappa shape index (κ2) is 43.3. The molecule has 0 bridgehead atoms. The van der Waals surface area contributed by atoms with Gasteiger partial charge in [0, 0.05) is 18.7 Å². The minimum absolute atomic E-state index is 0.134. The van der Waals surface area contributed by atoms with Gasteiger partial charge >= 0.3 is 11.9 Å². The molecular formula is C45H81NO11. The highest BCUT2D eigenvalue weighted by Crippen LogP contribution is 2.14. The zero-order valence-corrected chi connectivity index (χ0v) is 36.0. The molecule has 0 fully saturated rings. The number of hydrogen-bond donors (Lipinski definition) is 1. The van der Waals surface area contributed by atoms with Gasteiger partial charge in [-0.05, 0) is 37.1 Å². The van der Waals surface area contributed by atoms with Crippen LogP contribution in [-0.4, -0.2) is 124 Å². The van der Waals surface area contributed by atoms with Gasteiger partial charge in [-0.3, -0.25) is 4.79 Å². The minimum atomic E-state index is -0.361. The second-order valence-electron chi connectivity index (χ2n) is 14.2. The summed E-state index contributed by atoms with van der Waals surface area (Å²) in [5.41, 5.74) is 1.51. The molecular weight excluding hydrogens is 730 g/mol. The number of anilines is 1. The van der Waals surface area contributed by atoms with Gasteiger partial charge in [-0.15, -0.1) is 0 Å². The van der Waals surface area contributed by atoms with Crippen molar-refractivity contribution >= 4 is 17.6 Å². The molecule has 0 aliphatic carbocycles. The second-order valence-corrected chi connectivity index (χ2v) is 14.2. The van der Waals surface area contributed by atoms with Crippen molar-refractivity contribution in [1.82, 2.24) is 0 Å². The van der Waals surface area contributed by atoms with Crippen LogP contribution in [0.3, 0.4) is 0 Å². The molecule has 0 spiro atoms. The van der Waals surface area contributed by atoms with E-state index >= 15 is 0 Å². The summed E-state index contributed by atoms with van der Waals surface area (Å²) in [5, 5.41) is 3.32. The molecule has 12 heteroatoms. The number of unbranched alkanes of at least 4 members (excludes halogenated alkanes) is 15. The SMILES string of the molecule is CCCCCCCCCCCCCCCCCC(=O)OCCOCCOCCOCCOCCOCCOCCOCCOC(=O)c1ccc(NCCCC)cc1. The predicted octanol–water partition coefficient (Wildman–Crippen LogP) is 8.98. The van der Waals surface area contributed by atoms with Gasteiger partial charge < -0.3 is 47.9 Å². The topological polar surface area (TPSA) is 129 Å². The Morgan fingerprint density at radius 3 is 1.12 bits per heavy atom. The molecule has 1 aromatic carbocycles. The molecule has 0 heterocycles. The Hall–Kier alpha value is -2.32. The summed E-state index contributed by atoms with van der Waals surface area (Å²) in [4.78, 5) is 24.1. The maximum absolute atomic E-state index is 12.1. The van der Waals surface area contributed by atoms with E-state index in [2.05, 4.69) is 19.2 Å². The van der Waals surface area contributed by atoms with Crippen LogP contribution in [0.4, 0.5) is 5.69 Å². The first kappa shape index (κ1) is 52.7. The third kappa shape index (κ3) is 37.7. The average molecular weight is 812 g/mol. The van der Waals surface area contributed by atoms with E-state index in [4.69, 9.17) is 42.6 Å². The smallest absolute Gasteiger partial charge is 0.338 e.